The van der Waals surface area contributed by atoms with E-state index in [9.17, 15) is 34.1 Å². The van der Waals surface area contributed by atoms with Gasteiger partial charge >= 0.3 is 21.3 Å². The molecule has 9 atom stereocenters. The van der Waals surface area contributed by atoms with Gasteiger partial charge in [-0.05, 0) is 6.07 Å². The summed E-state index contributed by atoms with van der Waals surface area (Å²) >= 11 is 0. The lowest BCUT2D eigenvalue weighted by Gasteiger charge is -2.24. The van der Waals surface area contributed by atoms with Crippen molar-refractivity contribution in [3.05, 3.63) is 35.4 Å². The molecular formula is C19H26N8O14P2. The van der Waals surface area contributed by atoms with Crippen LogP contribution in [0.1, 0.15) is 12.5 Å². The minimum atomic E-state index is -5.18. The smallest absolute Gasteiger partial charge is 0.387 e. The van der Waals surface area contributed by atoms with Crippen molar-refractivity contribution in [2.24, 2.45) is 0 Å². The van der Waals surface area contributed by atoms with Gasteiger partial charge in [-0.3, -0.25) is 22.7 Å². The Morgan fingerprint density at radius 2 is 1.58 bits per heavy atom. The zero-order valence-corrected chi connectivity index (χ0v) is 23.3. The highest BCUT2D eigenvalue weighted by Crippen LogP contribution is 2.50. The number of nitrogen functional groups attached to an aromatic ring is 2. The Hall–Kier alpha value is -2.95. The second-order valence-corrected chi connectivity index (χ2v) is 12.0. The Bertz CT molecular complexity index is 1630. The van der Waals surface area contributed by atoms with Gasteiger partial charge in [0, 0.05) is 6.20 Å². The number of phosphoric acid groups is 2. The van der Waals surface area contributed by atoms with Crippen LogP contribution in [0.15, 0.2) is 29.7 Å². The van der Waals surface area contributed by atoms with Gasteiger partial charge in [0.25, 0.3) is 0 Å². The molecule has 3 aromatic rings. The average Bonchev–Trinajstić information content (AvgIpc) is 3.57. The largest absolute Gasteiger partial charge is 0.472 e. The van der Waals surface area contributed by atoms with Gasteiger partial charge in [-0.25, -0.2) is 28.9 Å². The van der Waals surface area contributed by atoms with Crippen LogP contribution in [-0.2, 0) is 32.2 Å². The molecule has 10 N–H and O–H groups in total. The first-order valence-corrected chi connectivity index (χ1v) is 15.2. The number of ether oxygens (including phenoxy) is 2. The Morgan fingerprint density at radius 1 is 0.907 bits per heavy atom. The number of aliphatic hydroxyl groups is 3. The maximum absolute atomic E-state index is 12.9. The number of aromatic nitrogens is 6. The zero-order chi connectivity index (χ0) is 31.3. The maximum atomic E-state index is 12.9. The minimum absolute atomic E-state index is 0.000103. The van der Waals surface area contributed by atoms with Crippen LogP contribution in [0.4, 0.5) is 11.6 Å². The number of nitrogens with two attached hydrogens (primary N) is 2. The molecule has 236 valence electrons. The summed E-state index contributed by atoms with van der Waals surface area (Å²) in [5, 5.41) is 31.8. The van der Waals surface area contributed by atoms with Gasteiger partial charge in [0.15, 0.2) is 23.9 Å². The number of fused-ring (bicyclic) bond motifs is 1. The molecule has 0 saturated carbocycles. The molecule has 24 heteroatoms. The molecule has 2 aliphatic rings. The number of aliphatic hydroxyl groups excluding tert-OH is 3. The summed E-state index contributed by atoms with van der Waals surface area (Å²) in [5.74, 6) is -0.101. The highest BCUT2D eigenvalue weighted by Gasteiger charge is 2.51. The Morgan fingerprint density at radius 3 is 2.28 bits per heavy atom. The fourth-order valence-electron chi connectivity index (χ4n) is 4.51. The molecule has 0 aromatic carbocycles. The SMILES string of the molecule is Nc1ccn([C@@H]2O[C@H](COP(=O)(O)O[C@H]3[C@@H](O)[C@H](n4cnc5c(N)ncnc54)O[C@@H]3COP(=O)(O)O)[C@@H](O)[C@H]2O)c(=O)n1. The molecule has 0 aliphatic carbocycles. The lowest BCUT2D eigenvalue weighted by molar-refractivity contribution is -0.0607. The fraction of sp³-hybridized carbons (Fsp3) is 0.526. The first kappa shape index (κ1) is 31.5. The van der Waals surface area contributed by atoms with Crippen molar-refractivity contribution in [2.45, 2.75) is 49.1 Å². The molecule has 2 fully saturated rings. The summed E-state index contributed by atoms with van der Waals surface area (Å²) in [7, 11) is -10.2. The Balaban J connectivity index is 1.31. The zero-order valence-electron chi connectivity index (χ0n) is 21.5. The number of rotatable bonds is 10. The molecule has 0 amide bonds. The Labute approximate surface area is 239 Å². The van der Waals surface area contributed by atoms with E-state index in [1.165, 1.54) is 17.0 Å². The lowest BCUT2D eigenvalue weighted by Crippen LogP contribution is -2.37. The number of anilines is 2. The van der Waals surface area contributed by atoms with Gasteiger partial charge in [-0.15, -0.1) is 0 Å². The quantitative estimate of drug-likeness (QED) is 0.0996. The molecule has 43 heavy (non-hydrogen) atoms. The van der Waals surface area contributed by atoms with Crippen molar-refractivity contribution in [3.8, 4) is 0 Å². The van der Waals surface area contributed by atoms with E-state index in [0.29, 0.717) is 0 Å². The highest BCUT2D eigenvalue weighted by molar-refractivity contribution is 7.47. The summed E-state index contributed by atoms with van der Waals surface area (Å²) in [4.78, 5) is 56.2. The number of hydrogen-bond acceptors (Lipinski definition) is 17. The van der Waals surface area contributed by atoms with Crippen LogP contribution < -0.4 is 17.2 Å². The normalized spacial score (nSPS) is 31.0. The van der Waals surface area contributed by atoms with Crippen molar-refractivity contribution < 1.29 is 62.2 Å². The van der Waals surface area contributed by atoms with Crippen molar-refractivity contribution in [2.75, 3.05) is 24.7 Å². The predicted octanol–water partition coefficient (Wildman–Crippen LogP) is -3.26. The summed E-state index contributed by atoms with van der Waals surface area (Å²) < 4.78 is 51.9. The standard InChI is InChI=1S/C19H26N8O14P2/c20-9-1-2-26(19(31)25-9)17-12(29)11(28)7(39-17)3-38-43(35,36)41-14-8(4-37-42(32,33)34)40-18(13(14)30)27-6-24-10-15(21)22-5-23-16(10)27/h1-2,5-8,11-14,17-18,28-30H,3-4H2,(H,35,36)(H2,20,25,31)(H2,21,22,23)(H2,32,33,34)/t7-,8-,11-,12-,13-,14-,17-,18-/m1/s1. The van der Waals surface area contributed by atoms with E-state index >= 15 is 0 Å². The molecule has 2 saturated heterocycles. The van der Waals surface area contributed by atoms with Gasteiger partial charge in [0.1, 0.15) is 54.3 Å². The summed E-state index contributed by atoms with van der Waals surface area (Å²) in [6.45, 7) is -1.77. The van der Waals surface area contributed by atoms with Gasteiger partial charge in [0.2, 0.25) is 0 Å². The van der Waals surface area contributed by atoms with E-state index in [2.05, 4.69) is 24.5 Å². The summed E-state index contributed by atoms with van der Waals surface area (Å²) in [6.07, 6.45) is -9.44. The van der Waals surface area contributed by atoms with Crippen LogP contribution in [0.2, 0.25) is 0 Å². The van der Waals surface area contributed by atoms with E-state index in [4.69, 9.17) is 39.8 Å². The second kappa shape index (κ2) is 11.9. The van der Waals surface area contributed by atoms with E-state index in [1.807, 2.05) is 0 Å². The molecule has 3 aromatic heterocycles. The number of phosphoric ester groups is 2. The molecular weight excluding hydrogens is 626 g/mol. The number of imidazole rings is 1. The minimum Gasteiger partial charge on any atom is -0.387 e. The van der Waals surface area contributed by atoms with E-state index < -0.39 is 83.6 Å². The fourth-order valence-corrected chi connectivity index (χ4v) is 5.81. The molecule has 22 nitrogen and oxygen atoms in total. The van der Waals surface area contributed by atoms with Crippen LogP contribution in [0.3, 0.4) is 0 Å². The van der Waals surface area contributed by atoms with Crippen molar-refractivity contribution in [1.82, 2.24) is 29.1 Å². The topological polar surface area (TPSA) is 332 Å². The third-order valence-corrected chi connectivity index (χ3v) is 7.97. The second-order valence-electron chi connectivity index (χ2n) is 9.35. The number of hydrogen-bond donors (Lipinski definition) is 8. The molecule has 2 aliphatic heterocycles. The van der Waals surface area contributed by atoms with Crippen LogP contribution in [0, 0.1) is 0 Å². The van der Waals surface area contributed by atoms with Gasteiger partial charge in [-0.2, -0.15) is 4.98 Å². The predicted molar refractivity (Wildman–Crippen MR) is 137 cm³/mol. The van der Waals surface area contributed by atoms with Crippen molar-refractivity contribution in [1.29, 1.82) is 0 Å². The monoisotopic (exact) mass is 652 g/mol. The highest BCUT2D eigenvalue weighted by atomic mass is 31.2. The molecule has 0 radical (unpaired) electrons. The summed E-state index contributed by atoms with van der Waals surface area (Å²) in [5.41, 5.74) is 10.5. The van der Waals surface area contributed by atoms with Crippen molar-refractivity contribution in [3.63, 3.8) is 0 Å². The van der Waals surface area contributed by atoms with E-state index in [0.717, 1.165) is 17.1 Å². The lowest BCUT2D eigenvalue weighted by atomic mass is 10.1. The molecule has 5 rings (SSSR count). The van der Waals surface area contributed by atoms with Gasteiger partial charge in [0.05, 0.1) is 19.5 Å². The third kappa shape index (κ3) is 6.61. The Kier molecular flexibility index (Phi) is 8.68. The number of nitrogens with zero attached hydrogens (tertiary/aromatic N) is 6. The van der Waals surface area contributed by atoms with Crippen LogP contribution >= 0.6 is 15.6 Å². The van der Waals surface area contributed by atoms with Crippen LogP contribution in [0.25, 0.3) is 11.2 Å². The van der Waals surface area contributed by atoms with E-state index in [1.54, 1.807) is 0 Å². The van der Waals surface area contributed by atoms with Crippen LogP contribution in [0.5, 0.6) is 0 Å². The summed E-state index contributed by atoms with van der Waals surface area (Å²) in [6, 6.07) is 1.24. The maximum Gasteiger partial charge on any atom is 0.472 e. The molecule has 0 bridgehead atoms. The third-order valence-electron chi connectivity index (χ3n) is 6.50. The van der Waals surface area contributed by atoms with Crippen LogP contribution in [-0.4, -0.2) is 109 Å². The van der Waals surface area contributed by atoms with Crippen molar-refractivity contribution >= 4 is 38.4 Å². The van der Waals surface area contributed by atoms with Gasteiger partial charge < -0.3 is 50.9 Å². The first-order chi connectivity index (χ1) is 20.1. The first-order valence-electron chi connectivity index (χ1n) is 12.1. The molecule has 1 unspecified atom stereocenters. The molecule has 0 spiro atoms. The average molecular weight is 652 g/mol. The van der Waals surface area contributed by atoms with E-state index in [-0.39, 0.29) is 22.8 Å². The van der Waals surface area contributed by atoms with Gasteiger partial charge in [-0.1, -0.05) is 0 Å². The molecule has 5 heterocycles.